The zero-order chi connectivity index (χ0) is 14.7. The van der Waals surface area contributed by atoms with Gasteiger partial charge in [-0.1, -0.05) is 0 Å². The van der Waals surface area contributed by atoms with E-state index in [2.05, 4.69) is 20.5 Å². The van der Waals surface area contributed by atoms with Crippen LogP contribution in [0.3, 0.4) is 0 Å². The lowest BCUT2D eigenvalue weighted by Crippen LogP contribution is -2.30. The molecule has 0 atom stereocenters. The molecule has 1 aliphatic rings. The predicted molar refractivity (Wildman–Crippen MR) is 83.7 cm³/mol. The molecule has 2 aromatic heterocycles. The summed E-state index contributed by atoms with van der Waals surface area (Å²) in [6.45, 7) is 6.91. The van der Waals surface area contributed by atoms with Gasteiger partial charge in [-0.3, -0.25) is 0 Å². The summed E-state index contributed by atoms with van der Waals surface area (Å²) in [5.41, 5.74) is 1.88. The smallest absolute Gasteiger partial charge is 0.233 e. The van der Waals surface area contributed by atoms with Gasteiger partial charge in [0.15, 0.2) is 0 Å². The fourth-order valence-electron chi connectivity index (χ4n) is 2.54. The normalized spacial score (nSPS) is 16.1. The lowest BCUT2D eigenvalue weighted by atomic mass is 9.99. The van der Waals surface area contributed by atoms with Crippen molar-refractivity contribution in [3.8, 4) is 16.5 Å². The Bertz CT molecular complexity index is 590. The summed E-state index contributed by atoms with van der Waals surface area (Å²) in [5.74, 6) is 1.23. The molecule has 6 heteroatoms. The monoisotopic (exact) mass is 304 g/mol. The Balaban J connectivity index is 1.62. The molecule has 0 radical (unpaired) electrons. The van der Waals surface area contributed by atoms with Crippen LogP contribution in [-0.2, 0) is 0 Å². The van der Waals surface area contributed by atoms with Crippen LogP contribution < -0.4 is 10.1 Å². The van der Waals surface area contributed by atoms with E-state index in [1.807, 2.05) is 26.0 Å². The van der Waals surface area contributed by atoms with Crippen molar-refractivity contribution in [2.24, 2.45) is 5.92 Å². The maximum atomic E-state index is 5.76. The van der Waals surface area contributed by atoms with E-state index in [0.717, 1.165) is 41.0 Å². The molecule has 0 bridgehead atoms. The Hall–Kier alpha value is -1.53. The molecule has 0 spiro atoms. The van der Waals surface area contributed by atoms with E-state index < -0.39 is 0 Å². The minimum Gasteiger partial charge on any atom is -0.476 e. The topological polar surface area (TPSA) is 59.9 Å². The van der Waals surface area contributed by atoms with Gasteiger partial charge in [0.1, 0.15) is 5.69 Å². The van der Waals surface area contributed by atoms with Crippen LogP contribution in [0.4, 0.5) is 0 Å². The first-order chi connectivity index (χ1) is 10.2. The highest BCUT2D eigenvalue weighted by molar-refractivity contribution is 7.15. The molecule has 1 saturated heterocycles. The average Bonchev–Trinajstić information content (AvgIpc) is 2.85. The first-order valence-electron chi connectivity index (χ1n) is 7.34. The highest BCUT2D eigenvalue weighted by Crippen LogP contribution is 2.28. The Labute approximate surface area is 128 Å². The van der Waals surface area contributed by atoms with Crippen LogP contribution in [0.25, 0.3) is 10.6 Å². The Morgan fingerprint density at radius 3 is 2.67 bits per heavy atom. The number of nitrogens with zero attached hydrogens (tertiary/aromatic N) is 3. The number of ether oxygens (including phenoxy) is 1. The van der Waals surface area contributed by atoms with Crippen molar-refractivity contribution in [3.05, 3.63) is 22.8 Å². The number of piperidine rings is 1. The fourth-order valence-corrected chi connectivity index (χ4v) is 3.42. The summed E-state index contributed by atoms with van der Waals surface area (Å²) in [6, 6.07) is 3.86. The highest BCUT2D eigenvalue weighted by Gasteiger charge is 2.14. The van der Waals surface area contributed by atoms with E-state index in [0.29, 0.717) is 11.8 Å². The second-order valence-electron chi connectivity index (χ2n) is 5.41. The molecule has 5 nitrogen and oxygen atoms in total. The van der Waals surface area contributed by atoms with Crippen LogP contribution >= 0.6 is 11.3 Å². The molecular weight excluding hydrogens is 284 g/mol. The number of hydrogen-bond acceptors (Lipinski definition) is 6. The molecular formula is C15H20N4OS. The largest absolute Gasteiger partial charge is 0.476 e. The van der Waals surface area contributed by atoms with Crippen molar-refractivity contribution in [3.63, 3.8) is 0 Å². The molecule has 3 heterocycles. The number of hydrogen-bond donors (Lipinski definition) is 1. The van der Waals surface area contributed by atoms with Gasteiger partial charge in [-0.25, -0.2) is 4.98 Å². The summed E-state index contributed by atoms with van der Waals surface area (Å²) in [4.78, 5) is 5.51. The summed E-state index contributed by atoms with van der Waals surface area (Å²) in [7, 11) is 0. The summed E-state index contributed by atoms with van der Waals surface area (Å²) >= 11 is 1.65. The average molecular weight is 304 g/mol. The van der Waals surface area contributed by atoms with Crippen LogP contribution in [0.2, 0.25) is 0 Å². The lowest BCUT2D eigenvalue weighted by Gasteiger charge is -2.22. The SMILES string of the molecule is Cc1nc(C)c(-c2ccc(OCC3CCNCC3)nn2)s1. The highest BCUT2D eigenvalue weighted by atomic mass is 32.1. The van der Waals surface area contributed by atoms with Crippen LogP contribution in [0, 0.1) is 19.8 Å². The van der Waals surface area contributed by atoms with Crippen LogP contribution in [0.1, 0.15) is 23.5 Å². The maximum Gasteiger partial charge on any atom is 0.233 e. The van der Waals surface area contributed by atoms with E-state index in [-0.39, 0.29) is 0 Å². The van der Waals surface area contributed by atoms with E-state index in [1.54, 1.807) is 11.3 Å². The number of aryl methyl sites for hydroxylation is 2. The first kappa shape index (κ1) is 14.4. The van der Waals surface area contributed by atoms with Crippen LogP contribution in [-0.4, -0.2) is 34.9 Å². The molecule has 1 fully saturated rings. The van der Waals surface area contributed by atoms with Crippen molar-refractivity contribution in [1.29, 1.82) is 0 Å². The Kier molecular flexibility index (Phi) is 4.45. The summed E-state index contributed by atoms with van der Waals surface area (Å²) in [5, 5.41) is 12.9. The third-order valence-electron chi connectivity index (χ3n) is 3.70. The third-order valence-corrected chi connectivity index (χ3v) is 4.80. The van der Waals surface area contributed by atoms with Crippen molar-refractivity contribution >= 4 is 11.3 Å². The van der Waals surface area contributed by atoms with Crippen LogP contribution in [0.15, 0.2) is 12.1 Å². The van der Waals surface area contributed by atoms with Crippen molar-refractivity contribution in [1.82, 2.24) is 20.5 Å². The molecule has 1 aliphatic heterocycles. The fraction of sp³-hybridized carbons (Fsp3) is 0.533. The van der Waals surface area contributed by atoms with Crippen molar-refractivity contribution < 1.29 is 4.74 Å². The molecule has 3 rings (SSSR count). The van der Waals surface area contributed by atoms with E-state index in [1.165, 1.54) is 12.8 Å². The van der Waals surface area contributed by atoms with Gasteiger partial charge in [-0.2, -0.15) is 0 Å². The molecule has 1 N–H and O–H groups in total. The summed E-state index contributed by atoms with van der Waals surface area (Å²) in [6.07, 6.45) is 2.34. The van der Waals surface area contributed by atoms with E-state index in [9.17, 15) is 0 Å². The van der Waals surface area contributed by atoms with Gasteiger partial charge in [0.2, 0.25) is 5.88 Å². The van der Waals surface area contributed by atoms with Gasteiger partial charge < -0.3 is 10.1 Å². The Morgan fingerprint density at radius 1 is 1.24 bits per heavy atom. The number of thiazole rings is 1. The first-order valence-corrected chi connectivity index (χ1v) is 8.15. The molecule has 0 saturated carbocycles. The maximum absolute atomic E-state index is 5.76. The standard InChI is InChI=1S/C15H20N4OS/c1-10-15(21-11(2)17-10)13-3-4-14(19-18-13)20-9-12-5-7-16-8-6-12/h3-4,12,16H,5-9H2,1-2H3. The van der Waals surface area contributed by atoms with E-state index >= 15 is 0 Å². The molecule has 2 aromatic rings. The van der Waals surface area contributed by atoms with Crippen molar-refractivity contribution in [2.75, 3.05) is 19.7 Å². The molecule has 0 aliphatic carbocycles. The third kappa shape index (κ3) is 3.57. The number of rotatable bonds is 4. The van der Waals surface area contributed by atoms with Crippen LogP contribution in [0.5, 0.6) is 5.88 Å². The minimum atomic E-state index is 0.608. The van der Waals surface area contributed by atoms with Crippen molar-refractivity contribution in [2.45, 2.75) is 26.7 Å². The number of aromatic nitrogens is 3. The zero-order valence-corrected chi connectivity index (χ0v) is 13.2. The quantitative estimate of drug-likeness (QED) is 0.941. The molecule has 21 heavy (non-hydrogen) atoms. The number of nitrogens with one attached hydrogen (secondary N) is 1. The molecule has 112 valence electrons. The molecule has 0 unspecified atom stereocenters. The molecule has 0 amide bonds. The predicted octanol–water partition coefficient (Wildman–Crippen LogP) is 2.60. The van der Waals surface area contributed by atoms with Gasteiger partial charge in [-0.05, 0) is 51.8 Å². The molecule has 0 aromatic carbocycles. The second-order valence-corrected chi connectivity index (χ2v) is 6.61. The van der Waals surface area contributed by atoms with Gasteiger partial charge in [0.25, 0.3) is 0 Å². The van der Waals surface area contributed by atoms with Gasteiger partial charge in [0.05, 0.1) is 22.2 Å². The summed E-state index contributed by atoms with van der Waals surface area (Å²) < 4.78 is 5.76. The zero-order valence-electron chi connectivity index (χ0n) is 12.4. The minimum absolute atomic E-state index is 0.608. The van der Waals surface area contributed by atoms with Gasteiger partial charge in [0, 0.05) is 6.07 Å². The lowest BCUT2D eigenvalue weighted by molar-refractivity contribution is 0.207. The van der Waals surface area contributed by atoms with Gasteiger partial charge >= 0.3 is 0 Å². The Morgan fingerprint density at radius 2 is 2.05 bits per heavy atom. The van der Waals surface area contributed by atoms with E-state index in [4.69, 9.17) is 4.74 Å². The van der Waals surface area contributed by atoms with Gasteiger partial charge in [-0.15, -0.1) is 21.5 Å². The second kappa shape index (κ2) is 6.49.